The zero-order valence-corrected chi connectivity index (χ0v) is 13.9. The molecule has 24 heavy (non-hydrogen) atoms. The van der Waals surface area contributed by atoms with E-state index in [1.807, 2.05) is 31.2 Å². The second-order valence-corrected chi connectivity index (χ2v) is 7.34. The number of hydrogen-bond acceptors (Lipinski definition) is 4. The lowest BCUT2D eigenvalue weighted by Gasteiger charge is -2.09. The van der Waals surface area contributed by atoms with E-state index in [0.29, 0.717) is 17.7 Å². The number of esters is 1. The summed E-state index contributed by atoms with van der Waals surface area (Å²) in [4.78, 5) is 12.1. The van der Waals surface area contributed by atoms with Gasteiger partial charge < -0.3 is 4.74 Å². The summed E-state index contributed by atoms with van der Waals surface area (Å²) in [7, 11) is -3.73. The predicted octanol–water partition coefficient (Wildman–Crippen LogP) is 2.37. The van der Waals surface area contributed by atoms with Crippen LogP contribution in [0.5, 0.6) is 0 Å². The van der Waals surface area contributed by atoms with Crippen molar-refractivity contribution < 1.29 is 17.9 Å². The molecular weight excluding hydrogens is 326 g/mol. The number of primary sulfonamides is 1. The fourth-order valence-corrected chi connectivity index (χ4v) is 3.16. The van der Waals surface area contributed by atoms with Gasteiger partial charge in [-0.25, -0.2) is 18.4 Å². The van der Waals surface area contributed by atoms with E-state index in [4.69, 9.17) is 9.88 Å². The Labute approximate surface area is 140 Å². The molecule has 1 atom stereocenters. The Balaban J connectivity index is 1.94. The molecular formula is C18H17NO4S. The van der Waals surface area contributed by atoms with Crippen molar-refractivity contribution in [3.8, 4) is 0 Å². The van der Waals surface area contributed by atoms with Gasteiger partial charge in [0.15, 0.2) is 0 Å². The average molecular weight is 343 g/mol. The lowest BCUT2D eigenvalue weighted by molar-refractivity contribution is -0.135. The van der Waals surface area contributed by atoms with Crippen LogP contribution in [0.3, 0.4) is 0 Å². The van der Waals surface area contributed by atoms with Crippen LogP contribution in [0, 0.1) is 6.92 Å². The lowest BCUT2D eigenvalue weighted by Crippen LogP contribution is -2.11. The lowest BCUT2D eigenvalue weighted by atomic mass is 9.92. The molecule has 0 aliphatic carbocycles. The van der Waals surface area contributed by atoms with Gasteiger partial charge in [0, 0.05) is 5.57 Å². The summed E-state index contributed by atoms with van der Waals surface area (Å²) in [5.74, 6) is -0.480. The Morgan fingerprint density at radius 3 is 2.29 bits per heavy atom. The van der Waals surface area contributed by atoms with E-state index < -0.39 is 10.0 Å². The molecule has 0 amide bonds. The smallest absolute Gasteiger partial charge is 0.334 e. The van der Waals surface area contributed by atoms with Gasteiger partial charge in [0.2, 0.25) is 10.0 Å². The minimum absolute atomic E-state index is 0.0359. The molecule has 2 aromatic rings. The number of aryl methyl sites for hydroxylation is 1. The van der Waals surface area contributed by atoms with Crippen molar-refractivity contribution >= 4 is 22.1 Å². The van der Waals surface area contributed by atoms with E-state index >= 15 is 0 Å². The van der Waals surface area contributed by atoms with Crippen LogP contribution in [0.2, 0.25) is 0 Å². The van der Waals surface area contributed by atoms with Crippen LogP contribution in [0.4, 0.5) is 0 Å². The average Bonchev–Trinajstić information content (AvgIpc) is 2.89. The highest BCUT2D eigenvalue weighted by molar-refractivity contribution is 7.89. The SMILES string of the molecule is Cc1ccc(C2COC(=O)/C2=C/c2ccc(S(N)(=O)=O)cc2)cc1. The van der Waals surface area contributed by atoms with Gasteiger partial charge in [0.1, 0.15) is 6.61 Å². The quantitative estimate of drug-likeness (QED) is 0.685. The van der Waals surface area contributed by atoms with E-state index in [2.05, 4.69) is 0 Å². The van der Waals surface area contributed by atoms with E-state index in [0.717, 1.165) is 11.1 Å². The van der Waals surface area contributed by atoms with Crippen LogP contribution in [0.25, 0.3) is 6.08 Å². The number of carbonyl (C=O) groups is 1. The highest BCUT2D eigenvalue weighted by Crippen LogP contribution is 2.33. The molecule has 1 aliphatic heterocycles. The zero-order valence-electron chi connectivity index (χ0n) is 13.1. The maximum absolute atomic E-state index is 12.0. The van der Waals surface area contributed by atoms with Crippen molar-refractivity contribution in [2.45, 2.75) is 17.7 Å². The highest BCUT2D eigenvalue weighted by atomic mass is 32.2. The van der Waals surface area contributed by atoms with Gasteiger partial charge in [-0.15, -0.1) is 0 Å². The van der Waals surface area contributed by atoms with Gasteiger partial charge >= 0.3 is 5.97 Å². The molecule has 5 nitrogen and oxygen atoms in total. The standard InChI is InChI=1S/C18H17NO4S/c1-12-2-6-14(7-3-12)17-11-23-18(20)16(17)10-13-4-8-15(9-5-13)24(19,21)22/h2-10,17H,11H2,1H3,(H2,19,21,22)/b16-10+. The molecule has 0 aromatic heterocycles. The Morgan fingerprint density at radius 1 is 1.08 bits per heavy atom. The number of rotatable bonds is 3. The molecule has 1 fully saturated rings. The third-order valence-electron chi connectivity index (χ3n) is 4.00. The monoisotopic (exact) mass is 343 g/mol. The van der Waals surface area contributed by atoms with Crippen LogP contribution < -0.4 is 5.14 Å². The summed E-state index contributed by atoms with van der Waals surface area (Å²) in [6.45, 7) is 2.31. The molecule has 0 bridgehead atoms. The second-order valence-electron chi connectivity index (χ2n) is 5.78. The van der Waals surface area contributed by atoms with Gasteiger partial charge in [0.25, 0.3) is 0 Å². The van der Waals surface area contributed by atoms with Crippen molar-refractivity contribution in [2.75, 3.05) is 6.61 Å². The molecule has 6 heteroatoms. The first-order chi connectivity index (χ1) is 11.3. The Hall–Kier alpha value is -2.44. The van der Waals surface area contributed by atoms with Crippen molar-refractivity contribution in [3.63, 3.8) is 0 Å². The first-order valence-corrected chi connectivity index (χ1v) is 8.97. The molecule has 3 rings (SSSR count). The van der Waals surface area contributed by atoms with Gasteiger partial charge in [0.05, 0.1) is 10.8 Å². The molecule has 124 valence electrons. The molecule has 0 saturated carbocycles. The molecule has 1 heterocycles. The third kappa shape index (κ3) is 3.39. The first kappa shape index (κ1) is 16.4. The number of cyclic esters (lactones) is 1. The number of benzene rings is 2. The Kier molecular flexibility index (Phi) is 4.26. The first-order valence-electron chi connectivity index (χ1n) is 7.43. The summed E-state index contributed by atoms with van der Waals surface area (Å²) >= 11 is 0. The van der Waals surface area contributed by atoms with Gasteiger partial charge in [-0.3, -0.25) is 0 Å². The van der Waals surface area contributed by atoms with Gasteiger partial charge in [-0.2, -0.15) is 0 Å². The fraction of sp³-hybridized carbons (Fsp3) is 0.167. The largest absolute Gasteiger partial charge is 0.461 e. The molecule has 1 aliphatic rings. The van der Waals surface area contributed by atoms with Crippen molar-refractivity contribution in [1.82, 2.24) is 0 Å². The summed E-state index contributed by atoms with van der Waals surface area (Å²) < 4.78 is 27.8. The molecule has 0 spiro atoms. The highest BCUT2D eigenvalue weighted by Gasteiger charge is 2.31. The number of nitrogens with two attached hydrogens (primary N) is 1. The molecule has 2 N–H and O–H groups in total. The zero-order chi connectivity index (χ0) is 17.3. The normalized spacial score (nSPS) is 19.5. The van der Waals surface area contributed by atoms with Crippen molar-refractivity contribution in [3.05, 3.63) is 70.8 Å². The molecule has 1 unspecified atom stereocenters. The summed E-state index contributed by atoms with van der Waals surface area (Å²) in [5, 5.41) is 5.09. The fourth-order valence-electron chi connectivity index (χ4n) is 2.64. The van der Waals surface area contributed by atoms with E-state index in [1.54, 1.807) is 18.2 Å². The van der Waals surface area contributed by atoms with E-state index in [9.17, 15) is 13.2 Å². The van der Waals surface area contributed by atoms with Crippen LogP contribution in [0.1, 0.15) is 22.6 Å². The van der Waals surface area contributed by atoms with Crippen LogP contribution >= 0.6 is 0 Å². The summed E-state index contributed by atoms with van der Waals surface area (Å²) in [6, 6.07) is 14.0. The van der Waals surface area contributed by atoms with Crippen LogP contribution in [-0.4, -0.2) is 21.0 Å². The number of ether oxygens (including phenoxy) is 1. The Morgan fingerprint density at radius 2 is 1.71 bits per heavy atom. The van der Waals surface area contributed by atoms with Crippen LogP contribution in [-0.2, 0) is 19.6 Å². The maximum atomic E-state index is 12.0. The van der Waals surface area contributed by atoms with E-state index in [-0.39, 0.29) is 16.8 Å². The predicted molar refractivity (Wildman–Crippen MR) is 90.7 cm³/mol. The van der Waals surface area contributed by atoms with Crippen molar-refractivity contribution in [2.24, 2.45) is 5.14 Å². The Bertz CT molecular complexity index is 897. The minimum atomic E-state index is -3.73. The molecule has 1 saturated heterocycles. The minimum Gasteiger partial charge on any atom is -0.461 e. The summed E-state index contributed by atoms with van der Waals surface area (Å²) in [5.41, 5.74) is 3.43. The number of sulfonamides is 1. The topological polar surface area (TPSA) is 86.5 Å². The van der Waals surface area contributed by atoms with Crippen LogP contribution in [0.15, 0.2) is 59.0 Å². The summed E-state index contributed by atoms with van der Waals surface area (Å²) in [6.07, 6.45) is 1.73. The van der Waals surface area contributed by atoms with E-state index in [1.165, 1.54) is 12.1 Å². The van der Waals surface area contributed by atoms with Gasteiger partial charge in [-0.1, -0.05) is 42.0 Å². The maximum Gasteiger partial charge on any atom is 0.334 e. The third-order valence-corrected chi connectivity index (χ3v) is 4.93. The molecule has 0 radical (unpaired) electrons. The van der Waals surface area contributed by atoms with Gasteiger partial charge in [-0.05, 0) is 36.3 Å². The second kappa shape index (κ2) is 6.22. The number of carbonyl (C=O) groups excluding carboxylic acids is 1. The molecule has 2 aromatic carbocycles. The number of hydrogen-bond donors (Lipinski definition) is 1. The van der Waals surface area contributed by atoms with Crippen molar-refractivity contribution in [1.29, 1.82) is 0 Å².